The SMILES string of the molecule is COC(=O)N[C@@H](C(=O)N1CCC[C@H]1c1nc(-c2nc3cc4sc(-c5c[nH]c([C@@H]6CCCN6C(=O)[C@@H](C(C)C)N(C)C(=O)O)n5)nc4cc3s2)c[nH]1)C(C)C.O=C(O)C(F)(F)F.O=C(O)C(F)(F)F. The number of carbonyl (C=O) groups is 6. The van der Waals surface area contributed by atoms with Gasteiger partial charge in [0, 0.05) is 32.5 Å². The Morgan fingerprint density at radius 3 is 1.50 bits per heavy atom. The summed E-state index contributed by atoms with van der Waals surface area (Å²) in [4.78, 5) is 99.4. The van der Waals surface area contributed by atoms with Gasteiger partial charge in [-0.05, 0) is 49.7 Å². The van der Waals surface area contributed by atoms with Crippen LogP contribution in [0.4, 0.5) is 35.9 Å². The van der Waals surface area contributed by atoms with E-state index in [-0.39, 0.29) is 35.7 Å². The number of benzene rings is 1. The smallest absolute Gasteiger partial charge is 0.475 e. The minimum absolute atomic E-state index is 0.122. The summed E-state index contributed by atoms with van der Waals surface area (Å²) in [5.41, 5.74) is 3.00. The van der Waals surface area contributed by atoms with Crippen molar-refractivity contribution in [2.75, 3.05) is 27.2 Å². The van der Waals surface area contributed by atoms with Gasteiger partial charge < -0.3 is 45.1 Å². The molecule has 0 bridgehead atoms. The van der Waals surface area contributed by atoms with Gasteiger partial charge in [0.15, 0.2) is 0 Å². The second kappa shape index (κ2) is 21.2. The number of H-pyrrole nitrogens is 2. The summed E-state index contributed by atoms with van der Waals surface area (Å²) in [6, 6.07) is 2.02. The average Bonchev–Trinajstić information content (AvgIpc) is 4.11. The van der Waals surface area contributed by atoms with Crippen molar-refractivity contribution in [1.82, 2.24) is 49.9 Å². The fourth-order valence-electron chi connectivity index (χ4n) is 7.50. The highest BCUT2D eigenvalue weighted by atomic mass is 32.1. The number of rotatable bonds is 10. The highest BCUT2D eigenvalue weighted by molar-refractivity contribution is 7.23. The van der Waals surface area contributed by atoms with Gasteiger partial charge in [-0.2, -0.15) is 26.3 Å². The van der Waals surface area contributed by atoms with E-state index < -0.39 is 48.6 Å². The maximum atomic E-state index is 13.6. The van der Waals surface area contributed by atoms with E-state index in [2.05, 4.69) is 15.3 Å². The van der Waals surface area contributed by atoms with Gasteiger partial charge >= 0.3 is 36.5 Å². The van der Waals surface area contributed by atoms with Crippen LogP contribution in [0.5, 0.6) is 0 Å². The zero-order valence-electron chi connectivity index (χ0n) is 36.9. The van der Waals surface area contributed by atoms with Gasteiger partial charge in [-0.1, -0.05) is 27.7 Å². The fraction of sp³-hybridized carbons (Fsp3) is 0.500. The number of alkyl carbamates (subject to hydrolysis) is 1. The first-order chi connectivity index (χ1) is 31.7. The number of likely N-dealkylation sites (N-methyl/N-ethyl adjacent to an activating group) is 1. The summed E-state index contributed by atoms with van der Waals surface area (Å²) in [6.07, 6.45) is -5.20. The Labute approximate surface area is 389 Å². The molecule has 0 unspecified atom stereocenters. The van der Waals surface area contributed by atoms with Crippen molar-refractivity contribution in [2.24, 2.45) is 11.8 Å². The number of carbonyl (C=O) groups excluding carboxylic acids is 3. The van der Waals surface area contributed by atoms with Gasteiger partial charge in [0.1, 0.15) is 45.1 Å². The number of imidazole rings is 2. The third kappa shape index (κ3) is 12.1. The Morgan fingerprint density at radius 1 is 0.735 bits per heavy atom. The summed E-state index contributed by atoms with van der Waals surface area (Å²) >= 11 is 3.02. The predicted molar refractivity (Wildman–Crippen MR) is 231 cm³/mol. The monoisotopic (exact) mass is 1000 g/mol. The number of alkyl halides is 6. The van der Waals surface area contributed by atoms with Crippen LogP contribution in [0, 0.1) is 11.8 Å². The number of carboxylic acids is 2. The second-order valence-corrected chi connectivity index (χ2v) is 18.2. The van der Waals surface area contributed by atoms with Gasteiger partial charge in [-0.25, -0.2) is 39.1 Å². The maximum Gasteiger partial charge on any atom is 0.490 e. The highest BCUT2D eigenvalue weighted by Gasteiger charge is 2.41. The number of aliphatic carboxylic acids is 2. The van der Waals surface area contributed by atoms with Gasteiger partial charge in [0.25, 0.3) is 0 Å². The van der Waals surface area contributed by atoms with Crippen LogP contribution in [0.2, 0.25) is 0 Å². The number of nitrogens with zero attached hydrogens (tertiary/aromatic N) is 7. The Balaban J connectivity index is 0.000000538. The van der Waals surface area contributed by atoms with E-state index in [1.807, 2.05) is 52.2 Å². The molecule has 6 N–H and O–H groups in total. The van der Waals surface area contributed by atoms with E-state index in [0.717, 1.165) is 61.0 Å². The number of likely N-dealkylation sites (tertiary alicyclic amines) is 2. The fourth-order valence-corrected chi connectivity index (χ4v) is 9.38. The number of thiazole rings is 2. The number of halogens is 6. The quantitative estimate of drug-likeness (QED) is 0.0750. The van der Waals surface area contributed by atoms with Crippen LogP contribution < -0.4 is 5.32 Å². The number of methoxy groups -OCH3 is 1. The Hall–Kier alpha value is -6.58. The van der Waals surface area contributed by atoms with Crippen LogP contribution in [0.25, 0.3) is 41.8 Å². The number of carboxylic acid groups (broad SMARTS) is 3. The van der Waals surface area contributed by atoms with Crippen LogP contribution in [0.1, 0.15) is 77.1 Å². The van der Waals surface area contributed by atoms with Gasteiger partial charge in [-0.15, -0.1) is 22.7 Å². The molecule has 0 spiro atoms. The van der Waals surface area contributed by atoms with E-state index in [1.165, 1.54) is 36.8 Å². The topological polar surface area (TPSA) is 277 Å². The standard InChI is InChI=1S/C36H44N10O6S2.2C2HF3O2/c1-17(2)27(43-35(49)52-6)33(47)45-11-7-9-23(45)29-37-15-21(39-29)31-41-19-13-26-20(14-25(19)53-31)42-32(54-26)22-16-38-30(40-22)24-10-8-12-46(24)34(48)28(18(3)4)44(5)36(50)51;2*3-2(4,5)1(6)7/h13-18,23-24,27-28H,7-12H2,1-6H3,(H,37,39)(H,38,40)(H,43,49)(H,50,51);2*(H,6,7)/t23-,24-,27+,28+;;/m0../s1. The molecule has 2 fully saturated rings. The van der Waals surface area contributed by atoms with E-state index in [4.69, 9.17) is 44.5 Å². The normalized spacial score (nSPS) is 17.1. The number of hydrogen-bond acceptors (Lipinski definition) is 13. The largest absolute Gasteiger partial charge is 0.490 e. The van der Waals surface area contributed by atoms with Crippen molar-refractivity contribution in [3.63, 3.8) is 0 Å². The molecule has 68 heavy (non-hydrogen) atoms. The van der Waals surface area contributed by atoms with Crippen LogP contribution in [-0.2, 0) is 23.9 Å². The number of nitrogens with one attached hydrogen (secondary N) is 3. The lowest BCUT2D eigenvalue weighted by molar-refractivity contribution is -0.193. The molecule has 4 aromatic heterocycles. The minimum Gasteiger partial charge on any atom is -0.475 e. The number of amides is 4. The van der Waals surface area contributed by atoms with Crippen LogP contribution in [-0.4, -0.2) is 148 Å². The molecule has 5 aromatic rings. The van der Waals surface area contributed by atoms with Gasteiger partial charge in [-0.3, -0.25) is 14.5 Å². The number of aromatic amines is 2. The molecule has 7 rings (SSSR count). The minimum atomic E-state index is -5.08. The number of aromatic nitrogens is 6. The van der Waals surface area contributed by atoms with E-state index in [1.54, 1.807) is 9.80 Å². The molecule has 6 heterocycles. The first-order valence-electron chi connectivity index (χ1n) is 20.6. The Morgan fingerprint density at radius 2 is 1.15 bits per heavy atom. The lowest BCUT2D eigenvalue weighted by Crippen LogP contribution is -2.51. The van der Waals surface area contributed by atoms with E-state index in [0.29, 0.717) is 36.1 Å². The molecule has 0 aliphatic carbocycles. The highest BCUT2D eigenvalue weighted by Crippen LogP contribution is 2.39. The predicted octanol–water partition coefficient (Wildman–Crippen LogP) is 7.29. The molecule has 2 aliphatic rings. The third-order valence-corrected chi connectivity index (χ3v) is 12.8. The zero-order valence-corrected chi connectivity index (χ0v) is 38.6. The first kappa shape index (κ1) is 52.4. The molecule has 2 aliphatic heterocycles. The third-order valence-electron chi connectivity index (χ3n) is 10.7. The van der Waals surface area contributed by atoms with Gasteiger partial charge in [0.2, 0.25) is 11.8 Å². The van der Waals surface area contributed by atoms with Crippen molar-refractivity contribution < 1.29 is 75.2 Å². The molecule has 0 radical (unpaired) electrons. The summed E-state index contributed by atoms with van der Waals surface area (Å²) in [5.74, 6) is -4.86. The molecule has 1 aromatic carbocycles. The lowest BCUT2D eigenvalue weighted by Gasteiger charge is -2.33. The van der Waals surface area contributed by atoms with Crippen molar-refractivity contribution >= 4 is 79.0 Å². The summed E-state index contributed by atoms with van der Waals surface area (Å²) < 4.78 is 70.1. The van der Waals surface area contributed by atoms with Crippen molar-refractivity contribution in [3.05, 3.63) is 36.2 Å². The molecular weight excluding hydrogens is 959 g/mol. The number of hydrogen-bond donors (Lipinski definition) is 6. The van der Waals surface area contributed by atoms with Crippen molar-refractivity contribution in [2.45, 2.75) is 89.9 Å². The number of ether oxygens (including phenoxy) is 1. The van der Waals surface area contributed by atoms with Crippen molar-refractivity contribution in [1.29, 1.82) is 0 Å². The molecule has 20 nitrogen and oxygen atoms in total. The zero-order chi connectivity index (χ0) is 50.6. The summed E-state index contributed by atoms with van der Waals surface area (Å²) in [6.45, 7) is 8.59. The first-order valence-corrected chi connectivity index (χ1v) is 22.2. The Bertz CT molecular complexity index is 2570. The van der Waals surface area contributed by atoms with E-state index >= 15 is 0 Å². The lowest BCUT2D eigenvalue weighted by atomic mass is 10.0. The molecule has 4 amide bonds. The van der Waals surface area contributed by atoms with E-state index in [9.17, 15) is 50.6 Å². The average molecular weight is 1000 g/mol. The van der Waals surface area contributed by atoms with Crippen LogP contribution in [0.15, 0.2) is 24.5 Å². The number of fused-ring (bicyclic) bond motifs is 2. The molecular formula is C40H46F6N10O10S2. The van der Waals surface area contributed by atoms with Gasteiger partial charge in [0.05, 0.1) is 39.6 Å². The molecule has 28 heteroatoms. The van der Waals surface area contributed by atoms with Crippen molar-refractivity contribution in [3.8, 4) is 21.4 Å². The van der Waals surface area contributed by atoms with Crippen LogP contribution >= 0.6 is 22.7 Å². The summed E-state index contributed by atoms with van der Waals surface area (Å²) in [5, 5.41) is 28.0. The Kier molecular flexibility index (Phi) is 16.3. The molecule has 370 valence electrons. The van der Waals surface area contributed by atoms with Crippen LogP contribution in [0.3, 0.4) is 0 Å². The molecule has 4 atom stereocenters. The molecule has 0 saturated carbocycles. The summed E-state index contributed by atoms with van der Waals surface area (Å²) in [7, 11) is 2.72. The maximum absolute atomic E-state index is 13.6. The molecule has 2 saturated heterocycles. The second-order valence-electron chi connectivity index (χ2n) is 16.1.